The van der Waals surface area contributed by atoms with Gasteiger partial charge in [0.2, 0.25) is 0 Å². The van der Waals surface area contributed by atoms with Gasteiger partial charge in [-0.25, -0.2) is 0 Å². The van der Waals surface area contributed by atoms with E-state index in [1.54, 1.807) is 0 Å². The lowest BCUT2D eigenvalue weighted by Crippen LogP contribution is -2.04. The molecule has 4 aromatic heterocycles. The molecule has 0 saturated heterocycles. The number of fused-ring (bicyclic) bond motifs is 18. The summed E-state index contributed by atoms with van der Waals surface area (Å²) in [6, 6.07) is 56.2. The molecule has 0 radical (unpaired) electrons. The molecular weight excluding hydrogens is 1270 g/mol. The summed E-state index contributed by atoms with van der Waals surface area (Å²) in [4.78, 5) is 0. The van der Waals surface area contributed by atoms with Crippen molar-refractivity contribution in [2.75, 3.05) is 39.6 Å². The maximum atomic E-state index is 7.02. The molecule has 0 unspecified atom stereocenters. The molecule has 0 aliphatic heterocycles. The quantitative estimate of drug-likeness (QED) is 0.0288. The van der Waals surface area contributed by atoms with Crippen molar-refractivity contribution in [3.05, 3.63) is 146 Å². The Bertz CT molecular complexity index is 4240. The molecule has 13 rings (SSSR count). The van der Waals surface area contributed by atoms with E-state index in [0.29, 0.717) is 39.6 Å². The third-order valence-corrected chi connectivity index (χ3v) is 23.6. The first kappa shape index (κ1) is 69.9. The summed E-state index contributed by atoms with van der Waals surface area (Å²) >= 11 is 5.57. The van der Waals surface area contributed by atoms with E-state index in [-0.39, 0.29) is 0 Å². The van der Waals surface area contributed by atoms with E-state index in [1.807, 2.05) is 34.0 Å². The standard InChI is InChI=1S/C90H102O6S3/c1-7-13-19-25-49-91-85-67-37-31-61-55-73(67)74-56-62(32-38-68(74)86(85)92-50-26-20-14-8-2)80-45-46-82(98-80)64-34-40-70-76(58-64)78-60-66(36-42-72(78)90(96-54-30-24-18-12-6)88(70)94-52-28-22-16-10-4)84-48-47-83(99-84)65-35-41-71-77(59-65)75-57-63(81-44-43-79(61)97-81)33-39-69(75)87(93-51-27-21-15-9-3)89(71)95-53-29-23-17-11-5/h31-48,55-60H,7-30,49-54H2,1-6H3. The van der Waals surface area contributed by atoms with Gasteiger partial charge in [-0.2, -0.15) is 0 Å². The molecule has 6 nitrogen and oxygen atoms in total. The first-order valence-electron chi connectivity index (χ1n) is 38.1. The van der Waals surface area contributed by atoms with Crippen molar-refractivity contribution in [2.45, 2.75) is 196 Å². The number of hydrogen-bond donors (Lipinski definition) is 0. The van der Waals surface area contributed by atoms with E-state index in [9.17, 15) is 0 Å². The molecule has 99 heavy (non-hydrogen) atoms. The van der Waals surface area contributed by atoms with Crippen LogP contribution in [0.2, 0.25) is 0 Å². The van der Waals surface area contributed by atoms with E-state index in [1.165, 1.54) is 170 Å². The second-order valence-corrected chi connectivity index (χ2v) is 30.7. The molecule has 516 valence electrons. The van der Waals surface area contributed by atoms with Crippen LogP contribution in [-0.4, -0.2) is 39.6 Å². The van der Waals surface area contributed by atoms with Crippen LogP contribution < -0.4 is 28.4 Å². The number of rotatable bonds is 36. The third kappa shape index (κ3) is 15.8. The summed E-state index contributed by atoms with van der Waals surface area (Å²) < 4.78 is 49.4. The van der Waals surface area contributed by atoms with Crippen LogP contribution in [-0.2, 0) is 0 Å². The fraction of sp³-hybridized carbons (Fsp3) is 0.400. The lowest BCUT2D eigenvalue weighted by atomic mass is 9.97. The normalized spacial score (nSPS) is 11.9. The van der Waals surface area contributed by atoms with Crippen molar-refractivity contribution in [1.29, 1.82) is 0 Å². The number of benzene rings is 9. The fourth-order valence-electron chi connectivity index (χ4n) is 14.5. The smallest absolute Gasteiger partial charge is 0.169 e. The summed E-state index contributed by atoms with van der Waals surface area (Å²) in [6.45, 7) is 17.5. The highest BCUT2D eigenvalue weighted by atomic mass is 32.1. The summed E-state index contributed by atoms with van der Waals surface area (Å²) in [5.74, 6) is 5.15. The Kier molecular flexibility index (Phi) is 24.1. The monoisotopic (exact) mass is 1370 g/mol. The lowest BCUT2D eigenvalue weighted by Gasteiger charge is -2.19. The molecule has 0 saturated carbocycles. The van der Waals surface area contributed by atoms with Gasteiger partial charge in [-0.15, -0.1) is 34.0 Å². The van der Waals surface area contributed by atoms with Crippen LogP contribution in [0.4, 0.5) is 0 Å². The van der Waals surface area contributed by atoms with Crippen LogP contribution in [0.1, 0.15) is 196 Å². The Balaban J connectivity index is 1.09. The fourth-order valence-corrected chi connectivity index (χ4v) is 17.5. The van der Waals surface area contributed by atoms with E-state index < -0.39 is 0 Å². The minimum absolute atomic E-state index is 0.642. The number of ether oxygens (including phenoxy) is 6. The van der Waals surface area contributed by atoms with Gasteiger partial charge in [-0.05, 0) is 212 Å². The average molecular weight is 1380 g/mol. The summed E-state index contributed by atoms with van der Waals surface area (Å²) in [7, 11) is 0. The first-order valence-corrected chi connectivity index (χ1v) is 40.5. The summed E-state index contributed by atoms with van der Waals surface area (Å²) in [5.41, 5.74) is 0. The van der Waals surface area contributed by atoms with Gasteiger partial charge >= 0.3 is 0 Å². The van der Waals surface area contributed by atoms with Crippen molar-refractivity contribution in [1.82, 2.24) is 0 Å². The van der Waals surface area contributed by atoms with E-state index in [2.05, 4.69) is 187 Å². The lowest BCUT2D eigenvalue weighted by molar-refractivity contribution is 0.264. The van der Waals surface area contributed by atoms with Crippen molar-refractivity contribution in [3.8, 4) is 34.5 Å². The molecule has 0 fully saturated rings. The summed E-state index contributed by atoms with van der Waals surface area (Å²) in [5, 5.41) is 20.6. The SMILES string of the molecule is CCCCCCOc1c(OCCCCCC)c2ccc3cc2c2cc(ccc12)c1ccc(s1)c1ccc2c(OCCCCCC)c(OCCCCCC)c4ccc(cc4c2c1)c1ccc(s1)c1ccc2c(OCCCCCC)c(OCCCCCC)c4ccc(cc4c2c1)c1ccc3s1. The molecule has 0 aliphatic carbocycles. The van der Waals surface area contributed by atoms with Gasteiger partial charge in [0.25, 0.3) is 0 Å². The molecular formula is C90H102O6S3. The largest absolute Gasteiger partial charge is 0.489 e. The molecule has 0 aliphatic rings. The van der Waals surface area contributed by atoms with Crippen molar-refractivity contribution in [2.24, 2.45) is 0 Å². The Morgan fingerprint density at radius 3 is 0.495 bits per heavy atom. The molecule has 9 aromatic carbocycles. The predicted octanol–water partition coefficient (Wildman–Crippen LogP) is 29.2. The Hall–Kier alpha value is -7.56. The molecule has 0 amide bonds. The van der Waals surface area contributed by atoms with Gasteiger partial charge in [-0.3, -0.25) is 0 Å². The Labute approximate surface area is 598 Å². The van der Waals surface area contributed by atoms with E-state index in [4.69, 9.17) is 28.4 Å². The highest BCUT2D eigenvalue weighted by Gasteiger charge is 2.23. The van der Waals surface area contributed by atoms with Gasteiger partial charge in [-0.1, -0.05) is 194 Å². The van der Waals surface area contributed by atoms with Crippen LogP contribution in [0.15, 0.2) is 146 Å². The van der Waals surface area contributed by atoms with Crippen molar-refractivity contribution >= 4 is 159 Å². The molecule has 9 heteroatoms. The van der Waals surface area contributed by atoms with Crippen molar-refractivity contribution < 1.29 is 28.4 Å². The van der Waals surface area contributed by atoms with Crippen LogP contribution >= 0.6 is 34.0 Å². The summed E-state index contributed by atoms with van der Waals surface area (Å²) in [6.07, 6.45) is 27.1. The van der Waals surface area contributed by atoms with Crippen LogP contribution in [0.3, 0.4) is 0 Å². The van der Waals surface area contributed by atoms with Crippen LogP contribution in [0.5, 0.6) is 34.5 Å². The highest BCUT2D eigenvalue weighted by Crippen LogP contribution is 2.50. The third-order valence-electron chi connectivity index (χ3n) is 20.1. The van der Waals surface area contributed by atoms with Gasteiger partial charge in [0, 0.05) is 60.5 Å². The predicted molar refractivity (Wildman–Crippen MR) is 434 cm³/mol. The average Bonchev–Trinajstić information content (AvgIpc) is 1.69. The molecule has 0 N–H and O–H groups in total. The van der Waals surface area contributed by atoms with Gasteiger partial charge in [0.15, 0.2) is 34.5 Å². The second kappa shape index (κ2) is 34.2. The van der Waals surface area contributed by atoms with E-state index in [0.717, 1.165) is 144 Å². The highest BCUT2D eigenvalue weighted by molar-refractivity contribution is 7.25. The van der Waals surface area contributed by atoms with Crippen molar-refractivity contribution in [3.63, 3.8) is 0 Å². The minimum Gasteiger partial charge on any atom is -0.489 e. The Morgan fingerprint density at radius 2 is 0.343 bits per heavy atom. The van der Waals surface area contributed by atoms with E-state index >= 15 is 0 Å². The first-order chi connectivity index (χ1) is 48.9. The number of thiophene rings is 3. The zero-order valence-corrected chi connectivity index (χ0v) is 62.2. The number of unbranched alkanes of at least 4 members (excludes halogenated alkanes) is 18. The second-order valence-electron chi connectivity index (χ2n) is 27.5. The molecule has 4 heterocycles. The van der Waals surface area contributed by atoms with Gasteiger partial charge < -0.3 is 28.4 Å². The van der Waals surface area contributed by atoms with Crippen LogP contribution in [0.25, 0.3) is 125 Å². The number of hydrogen-bond acceptors (Lipinski definition) is 9. The topological polar surface area (TPSA) is 55.4 Å². The zero-order valence-electron chi connectivity index (χ0n) is 59.7. The van der Waals surface area contributed by atoms with Gasteiger partial charge in [0.05, 0.1) is 39.6 Å². The van der Waals surface area contributed by atoms with Gasteiger partial charge in [0.1, 0.15) is 0 Å². The minimum atomic E-state index is 0.642. The Morgan fingerprint density at radius 1 is 0.182 bits per heavy atom. The molecule has 0 atom stereocenters. The molecule has 0 spiro atoms. The maximum absolute atomic E-state index is 7.02. The molecule has 13 aromatic rings. The van der Waals surface area contributed by atoms with Crippen LogP contribution in [0, 0.1) is 0 Å². The maximum Gasteiger partial charge on any atom is 0.169 e. The molecule has 18 bridgehead atoms. The zero-order chi connectivity index (χ0) is 67.9.